The lowest BCUT2D eigenvalue weighted by atomic mass is 10.1. The fourth-order valence-corrected chi connectivity index (χ4v) is 6.23. The Bertz CT molecular complexity index is 903. The summed E-state index contributed by atoms with van der Waals surface area (Å²) < 4.78 is 0. The summed E-state index contributed by atoms with van der Waals surface area (Å²) in [5.41, 5.74) is 2.32. The molecule has 0 aliphatic carbocycles. The molecule has 0 saturated carbocycles. The first-order valence-electron chi connectivity index (χ1n) is 13.1. The number of benzene rings is 1. The third kappa shape index (κ3) is 7.86. The molecule has 200 valence electrons. The molecule has 3 atom stereocenters. The first-order chi connectivity index (χ1) is 17.3. The van der Waals surface area contributed by atoms with Gasteiger partial charge in [-0.1, -0.05) is 12.1 Å². The molecule has 1 aromatic rings. The zero-order valence-electron chi connectivity index (χ0n) is 22.3. The number of likely N-dealkylation sites (tertiary alicyclic amines) is 1. The molecule has 3 unspecified atom stereocenters. The molecule has 0 aromatic heterocycles. The zero-order chi connectivity index (χ0) is 26.1. The van der Waals surface area contributed by atoms with Crippen LogP contribution < -0.4 is 5.32 Å². The van der Waals surface area contributed by atoms with Gasteiger partial charge in [0.1, 0.15) is 5.25 Å². The summed E-state index contributed by atoms with van der Waals surface area (Å²) in [6, 6.07) is 10.8. The van der Waals surface area contributed by atoms with Gasteiger partial charge in [0.15, 0.2) is 0 Å². The number of nitriles is 1. The van der Waals surface area contributed by atoms with Crippen molar-refractivity contribution in [2.24, 2.45) is 5.92 Å². The van der Waals surface area contributed by atoms with Gasteiger partial charge in [0, 0.05) is 53.3 Å². The maximum atomic E-state index is 13.1. The van der Waals surface area contributed by atoms with Crippen molar-refractivity contribution in [2.45, 2.75) is 43.2 Å². The van der Waals surface area contributed by atoms with E-state index in [4.69, 9.17) is 0 Å². The molecule has 2 fully saturated rings. The summed E-state index contributed by atoms with van der Waals surface area (Å²) >= 11 is 1.51. The summed E-state index contributed by atoms with van der Waals surface area (Å²) in [7, 11) is 5.71. The smallest absolute Gasteiger partial charge is 0.238 e. The molecule has 2 heterocycles. The molecule has 0 spiro atoms. The van der Waals surface area contributed by atoms with Crippen molar-refractivity contribution in [3.63, 3.8) is 0 Å². The number of hydrogen-bond donors (Lipinski definition) is 1. The number of thioether (sulfide) groups is 1. The van der Waals surface area contributed by atoms with Gasteiger partial charge in [-0.15, -0.1) is 11.8 Å². The molecule has 0 bridgehead atoms. The van der Waals surface area contributed by atoms with Crippen LogP contribution in [0, 0.1) is 17.2 Å². The maximum absolute atomic E-state index is 13.1. The van der Waals surface area contributed by atoms with Crippen molar-refractivity contribution in [1.82, 2.24) is 19.6 Å². The Morgan fingerprint density at radius 3 is 2.53 bits per heavy atom. The Hall–Kier alpha value is -2.28. The monoisotopic (exact) mass is 516 g/mol. The van der Waals surface area contributed by atoms with Crippen LogP contribution in [0.1, 0.15) is 33.2 Å². The van der Waals surface area contributed by atoms with Gasteiger partial charge in [0.2, 0.25) is 11.8 Å². The molecule has 1 aromatic carbocycles. The van der Waals surface area contributed by atoms with Crippen molar-refractivity contribution < 1.29 is 11.0 Å². The number of carbonyl (C=O) groups is 2. The highest BCUT2D eigenvalue weighted by Crippen LogP contribution is 2.37. The van der Waals surface area contributed by atoms with Gasteiger partial charge >= 0.3 is 0 Å². The van der Waals surface area contributed by atoms with E-state index in [0.29, 0.717) is 19.6 Å². The van der Waals surface area contributed by atoms with Gasteiger partial charge in [-0.05, 0) is 71.1 Å². The molecule has 0 radical (unpaired) electrons. The predicted octanol–water partition coefficient (Wildman–Crippen LogP) is 2.82. The van der Waals surface area contributed by atoms with Gasteiger partial charge in [0.25, 0.3) is 0 Å². The highest BCUT2D eigenvalue weighted by molar-refractivity contribution is 8.01. The van der Waals surface area contributed by atoms with Gasteiger partial charge in [-0.25, -0.2) is 0 Å². The second-order valence-corrected chi connectivity index (χ2v) is 11.4. The molecular formula is C27H44N6O2S. The van der Waals surface area contributed by atoms with E-state index in [-0.39, 0.29) is 30.3 Å². The predicted molar refractivity (Wildman–Crippen MR) is 149 cm³/mol. The third-order valence-corrected chi connectivity index (χ3v) is 8.64. The molecule has 3 rings (SSSR count). The number of rotatable bonds is 13. The van der Waals surface area contributed by atoms with Gasteiger partial charge in [-0.2, -0.15) is 5.26 Å². The van der Waals surface area contributed by atoms with E-state index in [0.717, 1.165) is 25.2 Å². The fraction of sp³-hybridized carbons (Fsp3) is 0.667. The topological polar surface area (TPSA) is 82.9 Å². The number of nitrogens with zero attached hydrogens (tertiary/aromatic N) is 5. The van der Waals surface area contributed by atoms with Gasteiger partial charge < -0.3 is 24.9 Å². The Morgan fingerprint density at radius 2 is 1.92 bits per heavy atom. The average molecular weight is 517 g/mol. The van der Waals surface area contributed by atoms with Crippen LogP contribution in [0.3, 0.4) is 0 Å². The third-order valence-electron chi connectivity index (χ3n) is 7.08. The fourth-order valence-electron chi connectivity index (χ4n) is 4.72. The second-order valence-electron chi connectivity index (χ2n) is 10.1. The standard InChI is InChI=1S/C27H42N6O2S.H2/c1-5-33-26(35)24(36-27(33)22(19-28)18-25(34)31(4)17-16-30(2)3)20-29-23-10-8-21(9-11-23)12-15-32-13-6-7-14-32;/h8-11,22,24,27,29H,5-7,12-18,20H2,1-4H3;1H. The lowest BCUT2D eigenvalue weighted by molar-refractivity contribution is -0.133. The maximum Gasteiger partial charge on any atom is 0.238 e. The van der Waals surface area contributed by atoms with E-state index >= 15 is 0 Å². The van der Waals surface area contributed by atoms with Gasteiger partial charge in [-0.3, -0.25) is 9.59 Å². The Balaban J connectivity index is 0.00000481. The van der Waals surface area contributed by atoms with Crippen LogP contribution in [0.25, 0.3) is 0 Å². The highest BCUT2D eigenvalue weighted by atomic mass is 32.2. The van der Waals surface area contributed by atoms with Crippen LogP contribution in [-0.2, 0) is 16.0 Å². The van der Waals surface area contributed by atoms with Crippen LogP contribution in [0.15, 0.2) is 24.3 Å². The summed E-state index contributed by atoms with van der Waals surface area (Å²) in [6.45, 7) is 7.89. The van der Waals surface area contributed by atoms with Crippen LogP contribution in [0.4, 0.5) is 5.69 Å². The summed E-state index contributed by atoms with van der Waals surface area (Å²) in [6.07, 6.45) is 3.82. The Morgan fingerprint density at radius 1 is 1.22 bits per heavy atom. The number of anilines is 1. The van der Waals surface area contributed by atoms with E-state index in [1.54, 1.807) is 16.8 Å². The first kappa shape index (κ1) is 28.3. The van der Waals surface area contributed by atoms with E-state index < -0.39 is 5.92 Å². The molecule has 9 heteroatoms. The SMILES string of the molecule is CCN1C(=O)C(CNc2ccc(CCN3CCCC3)cc2)SC1C(C#N)CC(=O)N(C)CCN(C)C.[HH]. The minimum atomic E-state index is -0.534. The van der Waals surface area contributed by atoms with Gasteiger partial charge in [0.05, 0.1) is 17.4 Å². The number of hydrogen-bond acceptors (Lipinski definition) is 7. The summed E-state index contributed by atoms with van der Waals surface area (Å²) in [5, 5.41) is 12.7. The average Bonchev–Trinajstić information content (AvgIpc) is 3.51. The summed E-state index contributed by atoms with van der Waals surface area (Å²) in [4.78, 5) is 33.8. The normalized spacial score (nSPS) is 21.1. The van der Waals surface area contributed by atoms with E-state index in [9.17, 15) is 14.9 Å². The molecule has 2 amide bonds. The van der Waals surface area contributed by atoms with E-state index in [1.807, 2.05) is 25.9 Å². The first-order valence-corrected chi connectivity index (χ1v) is 14.1. The Kier molecular flexibility index (Phi) is 10.9. The molecule has 2 aliphatic rings. The van der Waals surface area contributed by atoms with Crippen LogP contribution in [0.5, 0.6) is 0 Å². The lowest BCUT2D eigenvalue weighted by Gasteiger charge is -2.27. The molecule has 36 heavy (non-hydrogen) atoms. The Labute approximate surface area is 222 Å². The zero-order valence-corrected chi connectivity index (χ0v) is 23.1. The lowest BCUT2D eigenvalue weighted by Crippen LogP contribution is -2.41. The number of amides is 2. The van der Waals surface area contributed by atoms with E-state index in [1.165, 1.54) is 43.3 Å². The largest absolute Gasteiger partial charge is 0.383 e. The molecule has 8 nitrogen and oxygen atoms in total. The van der Waals surface area contributed by atoms with Crippen molar-refractivity contribution in [3.8, 4) is 6.07 Å². The van der Waals surface area contributed by atoms with Crippen LogP contribution in [0.2, 0.25) is 0 Å². The van der Waals surface area contributed by atoms with Crippen molar-refractivity contribution in [3.05, 3.63) is 29.8 Å². The number of carbonyl (C=O) groups excluding carboxylic acids is 2. The van der Waals surface area contributed by atoms with Crippen LogP contribution >= 0.6 is 11.8 Å². The van der Waals surface area contributed by atoms with Crippen molar-refractivity contribution in [1.29, 1.82) is 5.26 Å². The summed E-state index contributed by atoms with van der Waals surface area (Å²) in [5.74, 6) is -0.553. The van der Waals surface area contributed by atoms with E-state index in [2.05, 4.69) is 40.6 Å². The molecule has 2 saturated heterocycles. The molecule has 2 aliphatic heterocycles. The molecular weight excluding hydrogens is 472 g/mol. The van der Waals surface area contributed by atoms with Crippen LogP contribution in [-0.4, -0.2) is 109 Å². The highest BCUT2D eigenvalue weighted by Gasteiger charge is 2.43. The number of nitrogens with one attached hydrogen (secondary N) is 1. The molecule has 1 N–H and O–H groups in total. The number of likely N-dealkylation sites (N-methyl/N-ethyl adjacent to an activating group) is 2. The van der Waals surface area contributed by atoms with Crippen molar-refractivity contribution in [2.75, 3.05) is 72.3 Å². The van der Waals surface area contributed by atoms with Crippen molar-refractivity contribution >= 4 is 29.3 Å². The quantitative estimate of drug-likeness (QED) is 0.432. The second kappa shape index (κ2) is 13.9. The minimum Gasteiger partial charge on any atom is -0.383 e. The minimum absolute atomic E-state index is 0.